The number of hydrogen-bond donors (Lipinski definition) is 4. The molecule has 0 saturated carbocycles. The maximum absolute atomic E-state index is 7.57. The van der Waals surface area contributed by atoms with Crippen LogP contribution in [0, 0.1) is 0 Å². The van der Waals surface area contributed by atoms with Crippen LogP contribution in [0.1, 0.15) is 27.7 Å². The maximum Gasteiger partial charge on any atom is 0.0402 e. The zero-order valence-electron chi connectivity index (χ0n) is 9.06. The van der Waals surface area contributed by atoms with E-state index in [9.17, 15) is 0 Å². The molecule has 13 heavy (non-hydrogen) atoms. The second-order valence-corrected chi connectivity index (χ2v) is 1.26. The Bertz CT molecular complexity index is 24.1. The van der Waals surface area contributed by atoms with Crippen LogP contribution in [-0.4, -0.2) is 46.9 Å². The van der Waals surface area contributed by atoms with E-state index in [1.165, 1.54) is 0 Å². The molecule has 0 bridgehead atoms. The monoisotopic (exact) mass is 277 g/mol. The molecule has 0 amide bonds. The maximum atomic E-state index is 7.57. The summed E-state index contributed by atoms with van der Waals surface area (Å²) in [4.78, 5) is 0. The second kappa shape index (κ2) is 80.4. The molecule has 0 aliphatic carbocycles. The topological polar surface area (TPSA) is 80.9 Å². The fraction of sp³-hybridized carbons (Fsp3) is 1.00. The summed E-state index contributed by atoms with van der Waals surface area (Å²) in [6, 6.07) is 0. The fourth-order valence-electron chi connectivity index (χ4n) is 0. The van der Waals surface area contributed by atoms with Crippen LogP contribution < -0.4 is 0 Å². The van der Waals surface area contributed by atoms with Crippen molar-refractivity contribution in [3.63, 3.8) is 0 Å². The average molecular weight is 277 g/mol. The summed E-state index contributed by atoms with van der Waals surface area (Å²) < 4.78 is 0. The van der Waals surface area contributed by atoms with E-state index in [0.717, 1.165) is 0 Å². The molecule has 0 unspecified atom stereocenters. The SMILES string of the molecule is CCO.CCO.CCO.CCO.[Nb]. The molecule has 0 atom stereocenters. The summed E-state index contributed by atoms with van der Waals surface area (Å²) in [5, 5.41) is 30.3. The molecule has 0 saturated heterocycles. The zero-order valence-corrected chi connectivity index (χ0v) is 11.3. The minimum absolute atomic E-state index is 0. The first-order chi connectivity index (χ1) is 5.66. The molecule has 0 aliphatic heterocycles. The molecule has 1 radical (unpaired) electrons. The van der Waals surface area contributed by atoms with Gasteiger partial charge in [-0.05, 0) is 27.7 Å². The van der Waals surface area contributed by atoms with Crippen LogP contribution in [0.25, 0.3) is 0 Å². The normalized spacial score (nSPS) is 5.54. The Morgan fingerprint density at radius 3 is 0.538 bits per heavy atom. The first-order valence-electron chi connectivity index (χ1n) is 4.09. The smallest absolute Gasteiger partial charge is 0.0402 e. The largest absolute Gasteiger partial charge is 0.397 e. The van der Waals surface area contributed by atoms with Crippen molar-refractivity contribution in [2.75, 3.05) is 26.4 Å². The van der Waals surface area contributed by atoms with Crippen molar-refractivity contribution in [2.24, 2.45) is 0 Å². The van der Waals surface area contributed by atoms with Crippen LogP contribution in [0.4, 0.5) is 0 Å². The van der Waals surface area contributed by atoms with E-state index in [4.69, 9.17) is 20.4 Å². The van der Waals surface area contributed by atoms with Crippen LogP contribution in [0.5, 0.6) is 0 Å². The Morgan fingerprint density at radius 1 is 0.538 bits per heavy atom. The van der Waals surface area contributed by atoms with Gasteiger partial charge in [0.2, 0.25) is 0 Å². The predicted molar refractivity (Wildman–Crippen MR) is 51.0 cm³/mol. The molecule has 0 rings (SSSR count). The Morgan fingerprint density at radius 2 is 0.538 bits per heavy atom. The van der Waals surface area contributed by atoms with Gasteiger partial charge in [0.25, 0.3) is 0 Å². The number of hydrogen-bond acceptors (Lipinski definition) is 4. The van der Waals surface area contributed by atoms with E-state index in [1.54, 1.807) is 27.7 Å². The van der Waals surface area contributed by atoms with Gasteiger partial charge in [0.05, 0.1) is 0 Å². The summed E-state index contributed by atoms with van der Waals surface area (Å²) in [5.74, 6) is 0. The average Bonchev–Trinajstić information content (AvgIpc) is 1.92. The molecule has 0 spiro atoms. The molecule has 5 heteroatoms. The van der Waals surface area contributed by atoms with E-state index in [2.05, 4.69) is 0 Å². The van der Waals surface area contributed by atoms with Crippen molar-refractivity contribution < 1.29 is 42.8 Å². The standard InChI is InChI=1S/4C2H6O.Nb/c4*1-2-3;/h4*3H,2H2,1H3;. The van der Waals surface area contributed by atoms with E-state index in [0.29, 0.717) is 0 Å². The molecule has 4 N–H and O–H groups in total. The van der Waals surface area contributed by atoms with Crippen molar-refractivity contribution in [1.82, 2.24) is 0 Å². The molecule has 0 aromatic heterocycles. The fourth-order valence-corrected chi connectivity index (χ4v) is 0. The Labute approximate surface area is 97.1 Å². The van der Waals surface area contributed by atoms with Crippen molar-refractivity contribution >= 4 is 0 Å². The molecule has 0 aromatic rings. The molecule has 85 valence electrons. The predicted octanol–water partition coefficient (Wildman–Crippen LogP) is -0.00810. The summed E-state index contributed by atoms with van der Waals surface area (Å²) in [7, 11) is 0. The number of rotatable bonds is 0. The molecule has 0 fully saturated rings. The summed E-state index contributed by atoms with van der Waals surface area (Å²) in [6.07, 6.45) is 0. The van der Waals surface area contributed by atoms with Crippen molar-refractivity contribution in [3.8, 4) is 0 Å². The third kappa shape index (κ3) is 4180. The van der Waals surface area contributed by atoms with Crippen molar-refractivity contribution in [2.45, 2.75) is 27.7 Å². The van der Waals surface area contributed by atoms with Gasteiger partial charge in [-0.15, -0.1) is 0 Å². The Balaban J connectivity index is -0.0000000213. The van der Waals surface area contributed by atoms with E-state index >= 15 is 0 Å². The van der Waals surface area contributed by atoms with Crippen LogP contribution in [0.2, 0.25) is 0 Å². The van der Waals surface area contributed by atoms with E-state index in [-0.39, 0.29) is 48.8 Å². The second-order valence-electron chi connectivity index (χ2n) is 1.26. The number of aliphatic hydroxyl groups is 4. The Hall–Kier alpha value is 0.580. The van der Waals surface area contributed by atoms with Gasteiger partial charge in [-0.2, -0.15) is 0 Å². The number of aliphatic hydroxyl groups excluding tert-OH is 4. The first kappa shape index (κ1) is 29.2. The van der Waals surface area contributed by atoms with Gasteiger partial charge in [-0.1, -0.05) is 0 Å². The van der Waals surface area contributed by atoms with Crippen molar-refractivity contribution in [1.29, 1.82) is 0 Å². The Kier molecular flexibility index (Phi) is 181. The minimum atomic E-state index is 0. The summed E-state index contributed by atoms with van der Waals surface area (Å²) >= 11 is 0. The van der Waals surface area contributed by atoms with Gasteiger partial charge < -0.3 is 20.4 Å². The van der Waals surface area contributed by atoms with Crippen LogP contribution >= 0.6 is 0 Å². The van der Waals surface area contributed by atoms with Gasteiger partial charge in [-0.3, -0.25) is 0 Å². The molecule has 0 aliphatic rings. The zero-order chi connectivity index (χ0) is 10.8. The summed E-state index contributed by atoms with van der Waals surface area (Å²) in [6.45, 7) is 7.72. The van der Waals surface area contributed by atoms with Gasteiger partial charge in [0.1, 0.15) is 0 Å². The van der Waals surface area contributed by atoms with Crippen LogP contribution in [0.3, 0.4) is 0 Å². The minimum Gasteiger partial charge on any atom is -0.397 e. The van der Waals surface area contributed by atoms with E-state index < -0.39 is 0 Å². The molecular weight excluding hydrogens is 253 g/mol. The van der Waals surface area contributed by atoms with Gasteiger partial charge in [-0.25, -0.2) is 0 Å². The quantitative estimate of drug-likeness (QED) is 0.470. The first-order valence-corrected chi connectivity index (χ1v) is 4.09. The van der Waals surface area contributed by atoms with Crippen LogP contribution in [-0.2, 0) is 22.4 Å². The third-order valence-electron chi connectivity index (χ3n) is 0. The molecule has 0 aromatic carbocycles. The van der Waals surface area contributed by atoms with Crippen LogP contribution in [0.15, 0.2) is 0 Å². The van der Waals surface area contributed by atoms with Gasteiger partial charge >= 0.3 is 0 Å². The van der Waals surface area contributed by atoms with Gasteiger partial charge in [0, 0.05) is 48.8 Å². The third-order valence-corrected chi connectivity index (χ3v) is 0. The van der Waals surface area contributed by atoms with Crippen molar-refractivity contribution in [3.05, 3.63) is 0 Å². The summed E-state index contributed by atoms with van der Waals surface area (Å²) in [5.41, 5.74) is 0. The molecule has 0 heterocycles. The van der Waals surface area contributed by atoms with E-state index in [1.807, 2.05) is 0 Å². The van der Waals surface area contributed by atoms with Gasteiger partial charge in [0.15, 0.2) is 0 Å². The molecular formula is C8H24NbO4. The molecule has 4 nitrogen and oxygen atoms in total.